The average Bonchev–Trinajstić information content (AvgIpc) is 2.72. The van der Waals surface area contributed by atoms with Crippen molar-refractivity contribution in [3.05, 3.63) is 86.3 Å². The van der Waals surface area contributed by atoms with Crippen LogP contribution in [-0.2, 0) is 11.3 Å². The first kappa shape index (κ1) is 22.2. The van der Waals surface area contributed by atoms with Crippen LogP contribution < -0.4 is 16.2 Å². The molecule has 0 atom stereocenters. The Morgan fingerprint density at radius 3 is 2.42 bits per heavy atom. The van der Waals surface area contributed by atoms with E-state index >= 15 is 0 Å². The first-order valence-corrected chi connectivity index (χ1v) is 10.1. The number of amides is 2. The van der Waals surface area contributed by atoms with Crippen LogP contribution in [0.2, 0.25) is 5.02 Å². The van der Waals surface area contributed by atoms with Gasteiger partial charge in [-0.25, -0.2) is 4.68 Å². The van der Waals surface area contributed by atoms with Gasteiger partial charge < -0.3 is 10.6 Å². The van der Waals surface area contributed by atoms with Crippen molar-refractivity contribution in [2.45, 2.75) is 33.7 Å². The Hall–Kier alpha value is -3.45. The second kappa shape index (κ2) is 9.57. The Kier molecular flexibility index (Phi) is 6.87. The van der Waals surface area contributed by atoms with E-state index in [-0.39, 0.29) is 24.6 Å². The van der Waals surface area contributed by atoms with Gasteiger partial charge >= 0.3 is 0 Å². The fourth-order valence-electron chi connectivity index (χ4n) is 2.93. The van der Waals surface area contributed by atoms with E-state index < -0.39 is 11.5 Å². The molecule has 0 radical (unpaired) electrons. The molecule has 0 aliphatic heterocycles. The van der Waals surface area contributed by atoms with E-state index in [1.807, 2.05) is 32.9 Å². The molecule has 2 aromatic carbocycles. The lowest BCUT2D eigenvalue weighted by molar-refractivity contribution is -0.116. The molecule has 0 saturated heterocycles. The predicted molar refractivity (Wildman–Crippen MR) is 122 cm³/mol. The zero-order chi connectivity index (χ0) is 22.5. The lowest BCUT2D eigenvalue weighted by Crippen LogP contribution is -2.28. The topological polar surface area (TPSA) is 93.1 Å². The highest BCUT2D eigenvalue weighted by Gasteiger charge is 2.12. The van der Waals surface area contributed by atoms with Gasteiger partial charge in [0.15, 0.2) is 0 Å². The summed E-state index contributed by atoms with van der Waals surface area (Å²) in [6.07, 6.45) is 0.0250. The second-order valence-electron chi connectivity index (χ2n) is 7.29. The van der Waals surface area contributed by atoms with Crippen molar-refractivity contribution < 1.29 is 9.59 Å². The fourth-order valence-corrected chi connectivity index (χ4v) is 3.16. The van der Waals surface area contributed by atoms with Gasteiger partial charge in [0.05, 0.1) is 6.54 Å². The maximum atomic E-state index is 12.5. The minimum Gasteiger partial charge on any atom is -0.326 e. The zero-order valence-corrected chi connectivity index (χ0v) is 18.3. The third kappa shape index (κ3) is 5.79. The van der Waals surface area contributed by atoms with Crippen LogP contribution in [0.4, 0.5) is 11.4 Å². The first-order valence-electron chi connectivity index (χ1n) is 9.76. The first-order chi connectivity index (χ1) is 14.7. The molecule has 1 heterocycles. The molecule has 0 saturated carbocycles. The standard InChI is InChI=1S/C23H23ClN4O3/c1-14-4-6-18(13-15(14)2)25-23(31)20-8-9-22(30)28(27-20)11-10-21(29)26-19-7-5-17(24)12-16(19)3/h4-9,12-13H,10-11H2,1-3H3,(H,25,31)(H,26,29). The van der Waals surface area contributed by atoms with Crippen LogP contribution in [0.25, 0.3) is 0 Å². The summed E-state index contributed by atoms with van der Waals surface area (Å²) in [4.78, 5) is 36.9. The van der Waals surface area contributed by atoms with Crippen LogP contribution >= 0.6 is 11.6 Å². The van der Waals surface area contributed by atoms with E-state index in [0.29, 0.717) is 16.4 Å². The molecular formula is C23H23ClN4O3. The zero-order valence-electron chi connectivity index (χ0n) is 17.5. The van der Waals surface area contributed by atoms with Crippen LogP contribution in [0.3, 0.4) is 0 Å². The van der Waals surface area contributed by atoms with E-state index in [1.165, 1.54) is 12.1 Å². The monoisotopic (exact) mass is 438 g/mol. The Morgan fingerprint density at radius 2 is 1.71 bits per heavy atom. The van der Waals surface area contributed by atoms with Crippen molar-refractivity contribution in [2.75, 3.05) is 10.6 Å². The number of hydrogen-bond donors (Lipinski definition) is 2. The minimum atomic E-state index is -0.432. The largest absolute Gasteiger partial charge is 0.326 e. The van der Waals surface area contributed by atoms with Crippen molar-refractivity contribution in [3.63, 3.8) is 0 Å². The third-order valence-corrected chi connectivity index (χ3v) is 5.11. The van der Waals surface area contributed by atoms with Crippen LogP contribution in [0.5, 0.6) is 0 Å². The van der Waals surface area contributed by atoms with Crippen molar-refractivity contribution in [1.29, 1.82) is 0 Å². The molecule has 31 heavy (non-hydrogen) atoms. The fraction of sp³-hybridized carbons (Fsp3) is 0.217. The number of hydrogen-bond acceptors (Lipinski definition) is 4. The van der Waals surface area contributed by atoms with Gasteiger partial charge in [-0.1, -0.05) is 17.7 Å². The smallest absolute Gasteiger partial charge is 0.276 e. The number of rotatable bonds is 6. The van der Waals surface area contributed by atoms with Crippen LogP contribution in [0.15, 0.2) is 53.3 Å². The molecule has 3 aromatic rings. The summed E-state index contributed by atoms with van der Waals surface area (Å²) in [5.74, 6) is -0.706. The highest BCUT2D eigenvalue weighted by molar-refractivity contribution is 6.30. The van der Waals surface area contributed by atoms with Gasteiger partial charge in [0.25, 0.3) is 11.5 Å². The van der Waals surface area contributed by atoms with E-state index in [4.69, 9.17) is 11.6 Å². The van der Waals surface area contributed by atoms with E-state index in [9.17, 15) is 14.4 Å². The number of carbonyl (C=O) groups excluding carboxylic acids is 2. The number of aryl methyl sites for hydroxylation is 4. The summed E-state index contributed by atoms with van der Waals surface area (Å²) in [7, 11) is 0. The molecule has 0 aliphatic carbocycles. The molecular weight excluding hydrogens is 416 g/mol. The number of halogens is 1. The quantitative estimate of drug-likeness (QED) is 0.605. The van der Waals surface area contributed by atoms with Gasteiger partial charge in [-0.05, 0) is 73.9 Å². The lowest BCUT2D eigenvalue weighted by atomic mass is 10.1. The van der Waals surface area contributed by atoms with Gasteiger partial charge in [-0.3, -0.25) is 14.4 Å². The number of anilines is 2. The van der Waals surface area contributed by atoms with Crippen molar-refractivity contribution in [2.24, 2.45) is 0 Å². The van der Waals surface area contributed by atoms with Crippen LogP contribution in [0, 0.1) is 20.8 Å². The van der Waals surface area contributed by atoms with E-state index in [0.717, 1.165) is 21.4 Å². The molecule has 2 amide bonds. The van der Waals surface area contributed by atoms with Crippen molar-refractivity contribution in [3.8, 4) is 0 Å². The van der Waals surface area contributed by atoms with Gasteiger partial charge in [0.2, 0.25) is 5.91 Å². The third-order valence-electron chi connectivity index (χ3n) is 4.88. The van der Waals surface area contributed by atoms with Crippen LogP contribution in [-0.4, -0.2) is 21.6 Å². The number of aromatic nitrogens is 2. The molecule has 3 rings (SSSR count). The molecule has 0 bridgehead atoms. The molecule has 0 unspecified atom stereocenters. The number of benzene rings is 2. The van der Waals surface area contributed by atoms with Gasteiger partial charge in [-0.2, -0.15) is 5.10 Å². The number of nitrogens with one attached hydrogen (secondary N) is 2. The van der Waals surface area contributed by atoms with Gasteiger partial charge in [-0.15, -0.1) is 0 Å². The van der Waals surface area contributed by atoms with Crippen molar-refractivity contribution >= 4 is 34.8 Å². The Morgan fingerprint density at radius 1 is 0.935 bits per heavy atom. The Balaban J connectivity index is 1.66. The second-order valence-corrected chi connectivity index (χ2v) is 7.73. The SMILES string of the molecule is Cc1ccc(NC(=O)c2ccc(=O)n(CCC(=O)Nc3ccc(Cl)cc3C)n2)cc1C. The predicted octanol–water partition coefficient (Wildman–Crippen LogP) is 4.10. The summed E-state index contributed by atoms with van der Waals surface area (Å²) in [5, 5.41) is 10.3. The van der Waals surface area contributed by atoms with Crippen LogP contribution in [0.1, 0.15) is 33.6 Å². The van der Waals surface area contributed by atoms with E-state index in [1.54, 1.807) is 24.3 Å². The molecule has 0 fully saturated rings. The van der Waals surface area contributed by atoms with Crippen molar-refractivity contribution in [1.82, 2.24) is 9.78 Å². The summed E-state index contributed by atoms with van der Waals surface area (Å²) >= 11 is 5.93. The maximum absolute atomic E-state index is 12.5. The average molecular weight is 439 g/mol. The summed E-state index contributed by atoms with van der Waals surface area (Å²) < 4.78 is 1.11. The Labute approximate surface area is 185 Å². The molecule has 0 aliphatic rings. The summed E-state index contributed by atoms with van der Waals surface area (Å²) in [6.45, 7) is 5.83. The summed E-state index contributed by atoms with van der Waals surface area (Å²) in [6, 6.07) is 13.4. The number of nitrogens with zero attached hydrogens (tertiary/aromatic N) is 2. The maximum Gasteiger partial charge on any atom is 0.276 e. The molecule has 7 nitrogen and oxygen atoms in total. The van der Waals surface area contributed by atoms with Gasteiger partial charge in [0, 0.05) is 28.9 Å². The highest BCUT2D eigenvalue weighted by atomic mass is 35.5. The number of carbonyl (C=O) groups is 2. The molecule has 8 heteroatoms. The summed E-state index contributed by atoms with van der Waals surface area (Å²) in [5.41, 5.74) is 4.00. The molecule has 160 valence electrons. The highest BCUT2D eigenvalue weighted by Crippen LogP contribution is 2.19. The molecule has 1 aromatic heterocycles. The van der Waals surface area contributed by atoms with Gasteiger partial charge in [0.1, 0.15) is 5.69 Å². The lowest BCUT2D eigenvalue weighted by Gasteiger charge is -2.10. The molecule has 2 N–H and O–H groups in total. The van der Waals surface area contributed by atoms with E-state index in [2.05, 4.69) is 15.7 Å². The Bertz CT molecular complexity index is 1200. The normalized spacial score (nSPS) is 10.6. The molecule has 0 spiro atoms. The minimum absolute atomic E-state index is 0.0250.